The third kappa shape index (κ3) is 4.37. The number of guanidine groups is 1. The first-order valence-corrected chi connectivity index (χ1v) is 9.34. The fourth-order valence-electron chi connectivity index (χ4n) is 3.04. The largest absolute Gasteiger partial charge is 0.463 e. The van der Waals surface area contributed by atoms with E-state index >= 15 is 0 Å². The predicted molar refractivity (Wildman–Crippen MR) is 108 cm³/mol. The van der Waals surface area contributed by atoms with Gasteiger partial charge >= 0.3 is 5.97 Å². The Balaban J connectivity index is 2.16. The second-order valence-corrected chi connectivity index (χ2v) is 6.22. The van der Waals surface area contributed by atoms with Crippen molar-refractivity contribution in [2.75, 3.05) is 13.2 Å². The molecule has 5 heteroatoms. The quantitative estimate of drug-likeness (QED) is 0.769. The molecule has 0 aliphatic carbocycles. The Kier molecular flexibility index (Phi) is 6.26. The van der Waals surface area contributed by atoms with E-state index in [-0.39, 0.29) is 12.0 Å². The minimum absolute atomic E-state index is 0.322. The fourth-order valence-corrected chi connectivity index (χ4v) is 3.04. The van der Waals surface area contributed by atoms with E-state index in [0.717, 1.165) is 23.2 Å². The summed E-state index contributed by atoms with van der Waals surface area (Å²) in [5, 5.41) is 6.69. The van der Waals surface area contributed by atoms with E-state index in [1.54, 1.807) is 0 Å². The van der Waals surface area contributed by atoms with E-state index < -0.39 is 0 Å². The summed E-state index contributed by atoms with van der Waals surface area (Å²) in [6, 6.07) is 19.4. The number of esters is 1. The summed E-state index contributed by atoms with van der Waals surface area (Å²) >= 11 is 0. The molecule has 1 atom stereocenters. The van der Waals surface area contributed by atoms with E-state index in [0.29, 0.717) is 24.7 Å². The molecular weight excluding hydrogens is 338 g/mol. The predicted octanol–water partition coefficient (Wildman–Crippen LogP) is 3.66. The van der Waals surface area contributed by atoms with Crippen LogP contribution in [0.3, 0.4) is 0 Å². The van der Waals surface area contributed by atoms with Gasteiger partial charge in [-0.05, 0) is 24.5 Å². The van der Waals surface area contributed by atoms with Gasteiger partial charge in [0.25, 0.3) is 0 Å². The molecule has 27 heavy (non-hydrogen) atoms. The van der Waals surface area contributed by atoms with Crippen molar-refractivity contribution in [1.82, 2.24) is 10.6 Å². The van der Waals surface area contributed by atoms with Gasteiger partial charge in [0.1, 0.15) is 0 Å². The number of ether oxygens (including phenoxy) is 1. The lowest BCUT2D eigenvalue weighted by Crippen LogP contribution is -2.46. The van der Waals surface area contributed by atoms with Crippen LogP contribution in [0.25, 0.3) is 5.70 Å². The van der Waals surface area contributed by atoms with Crippen LogP contribution in [-0.2, 0) is 9.53 Å². The van der Waals surface area contributed by atoms with Crippen LogP contribution in [0.4, 0.5) is 0 Å². The van der Waals surface area contributed by atoms with Gasteiger partial charge in [-0.1, -0.05) is 67.6 Å². The molecule has 1 heterocycles. The van der Waals surface area contributed by atoms with Gasteiger partial charge in [-0.3, -0.25) is 4.99 Å². The highest BCUT2D eigenvalue weighted by molar-refractivity contribution is 6.05. The molecule has 0 radical (unpaired) electrons. The SMILES string of the molecule is CCCN=C1NC(c2ccccc2)=C(C(=O)OCC)C(c2ccccc2)N1. The minimum atomic E-state index is -0.336. The van der Waals surface area contributed by atoms with E-state index in [1.165, 1.54) is 0 Å². The van der Waals surface area contributed by atoms with Crippen LogP contribution in [0.2, 0.25) is 0 Å². The van der Waals surface area contributed by atoms with Crippen molar-refractivity contribution in [2.24, 2.45) is 4.99 Å². The van der Waals surface area contributed by atoms with Gasteiger partial charge in [-0.15, -0.1) is 0 Å². The van der Waals surface area contributed by atoms with Gasteiger partial charge in [0.2, 0.25) is 0 Å². The molecule has 0 bridgehead atoms. The van der Waals surface area contributed by atoms with Crippen molar-refractivity contribution < 1.29 is 9.53 Å². The molecule has 0 amide bonds. The van der Waals surface area contributed by atoms with Gasteiger partial charge in [0.15, 0.2) is 5.96 Å². The summed E-state index contributed by atoms with van der Waals surface area (Å²) in [7, 11) is 0. The van der Waals surface area contributed by atoms with Gasteiger partial charge in [-0.2, -0.15) is 0 Å². The summed E-state index contributed by atoms with van der Waals surface area (Å²) in [5.41, 5.74) is 3.20. The van der Waals surface area contributed by atoms with Crippen LogP contribution in [0, 0.1) is 0 Å². The highest BCUT2D eigenvalue weighted by Gasteiger charge is 2.33. The zero-order chi connectivity index (χ0) is 19.1. The number of hydrogen-bond acceptors (Lipinski definition) is 3. The van der Waals surface area contributed by atoms with Crippen LogP contribution >= 0.6 is 0 Å². The monoisotopic (exact) mass is 363 g/mol. The van der Waals surface area contributed by atoms with Crippen LogP contribution in [0.5, 0.6) is 0 Å². The Labute approximate surface area is 160 Å². The van der Waals surface area contributed by atoms with Gasteiger partial charge in [0.05, 0.1) is 23.9 Å². The van der Waals surface area contributed by atoms with Gasteiger partial charge < -0.3 is 15.4 Å². The Bertz CT molecular complexity index is 829. The molecule has 2 aromatic rings. The summed E-state index contributed by atoms with van der Waals surface area (Å²) < 4.78 is 5.38. The van der Waals surface area contributed by atoms with Crippen LogP contribution in [0.15, 0.2) is 71.2 Å². The average molecular weight is 363 g/mol. The van der Waals surface area contributed by atoms with Crippen LogP contribution in [0.1, 0.15) is 37.4 Å². The van der Waals surface area contributed by atoms with Crippen LogP contribution in [-0.4, -0.2) is 25.1 Å². The highest BCUT2D eigenvalue weighted by Crippen LogP contribution is 2.31. The molecular formula is C22H25N3O2. The van der Waals surface area contributed by atoms with E-state index in [1.807, 2.05) is 67.6 Å². The van der Waals surface area contributed by atoms with Crippen molar-refractivity contribution >= 4 is 17.6 Å². The number of carbonyl (C=O) groups is 1. The zero-order valence-electron chi connectivity index (χ0n) is 15.7. The number of aliphatic imine (C=N–C) groups is 1. The highest BCUT2D eigenvalue weighted by atomic mass is 16.5. The Morgan fingerprint density at radius 1 is 1.04 bits per heavy atom. The number of nitrogens with zero attached hydrogens (tertiary/aromatic N) is 1. The lowest BCUT2D eigenvalue weighted by molar-refractivity contribution is -0.138. The molecule has 0 spiro atoms. The van der Waals surface area contributed by atoms with Crippen molar-refractivity contribution in [1.29, 1.82) is 0 Å². The maximum atomic E-state index is 12.9. The zero-order valence-corrected chi connectivity index (χ0v) is 15.7. The number of carbonyl (C=O) groups excluding carboxylic acids is 1. The maximum absolute atomic E-state index is 12.9. The molecule has 0 saturated carbocycles. The third-order valence-corrected chi connectivity index (χ3v) is 4.27. The maximum Gasteiger partial charge on any atom is 0.338 e. The molecule has 2 aromatic carbocycles. The second kappa shape index (κ2) is 9.03. The topological polar surface area (TPSA) is 62.7 Å². The van der Waals surface area contributed by atoms with E-state index in [9.17, 15) is 4.79 Å². The van der Waals surface area contributed by atoms with Gasteiger partial charge in [-0.25, -0.2) is 4.79 Å². The van der Waals surface area contributed by atoms with Crippen molar-refractivity contribution in [2.45, 2.75) is 26.3 Å². The fraction of sp³-hybridized carbons (Fsp3) is 0.273. The molecule has 3 rings (SSSR count). The molecule has 140 valence electrons. The lowest BCUT2D eigenvalue weighted by atomic mass is 9.92. The summed E-state index contributed by atoms with van der Waals surface area (Å²) in [4.78, 5) is 17.5. The second-order valence-electron chi connectivity index (χ2n) is 6.22. The molecule has 1 aliphatic heterocycles. The molecule has 5 nitrogen and oxygen atoms in total. The molecule has 0 fully saturated rings. The van der Waals surface area contributed by atoms with Crippen molar-refractivity contribution in [3.8, 4) is 0 Å². The van der Waals surface area contributed by atoms with Gasteiger partial charge in [0, 0.05) is 6.54 Å². The Morgan fingerprint density at radius 2 is 1.70 bits per heavy atom. The summed E-state index contributed by atoms with van der Waals surface area (Å²) in [6.45, 7) is 4.92. The first-order valence-electron chi connectivity index (χ1n) is 9.34. The first-order chi connectivity index (χ1) is 13.2. The first kappa shape index (κ1) is 18.7. The van der Waals surface area contributed by atoms with Crippen molar-refractivity contribution in [3.63, 3.8) is 0 Å². The summed E-state index contributed by atoms with van der Waals surface area (Å²) in [5.74, 6) is 0.331. The Morgan fingerprint density at radius 3 is 2.33 bits per heavy atom. The summed E-state index contributed by atoms with van der Waals surface area (Å²) in [6.07, 6.45) is 0.942. The normalized spacial score (nSPS) is 18.0. The molecule has 0 saturated heterocycles. The van der Waals surface area contributed by atoms with Crippen molar-refractivity contribution in [3.05, 3.63) is 77.4 Å². The standard InChI is InChI=1S/C22H25N3O2/c1-3-15-23-22-24-19(16-11-7-5-8-12-16)18(21(26)27-4-2)20(25-22)17-13-9-6-10-14-17/h5-14,19H,3-4,15H2,1-2H3,(H2,23,24,25). The molecule has 1 aliphatic rings. The molecule has 1 unspecified atom stereocenters. The van der Waals surface area contributed by atoms with Crippen LogP contribution < -0.4 is 10.6 Å². The number of rotatable bonds is 6. The number of benzene rings is 2. The molecule has 0 aromatic heterocycles. The number of nitrogens with one attached hydrogen (secondary N) is 2. The lowest BCUT2D eigenvalue weighted by Gasteiger charge is -2.31. The Hall–Kier alpha value is -3.08. The van der Waals surface area contributed by atoms with E-state index in [2.05, 4.69) is 22.5 Å². The average Bonchev–Trinajstić information content (AvgIpc) is 2.73. The smallest absolute Gasteiger partial charge is 0.338 e. The molecule has 2 N–H and O–H groups in total. The third-order valence-electron chi connectivity index (χ3n) is 4.27. The minimum Gasteiger partial charge on any atom is -0.463 e. The number of hydrogen-bond donors (Lipinski definition) is 2. The van der Waals surface area contributed by atoms with E-state index in [4.69, 9.17) is 4.74 Å².